The summed E-state index contributed by atoms with van der Waals surface area (Å²) in [7, 11) is -4.42. The van der Waals surface area contributed by atoms with Gasteiger partial charge in [0.1, 0.15) is 5.78 Å². The van der Waals surface area contributed by atoms with Crippen LogP contribution in [0.3, 0.4) is 0 Å². The smallest absolute Gasteiger partial charge is 0.299 e. The second-order valence-corrected chi connectivity index (χ2v) is 6.46. The van der Waals surface area contributed by atoms with Gasteiger partial charge in [0, 0.05) is 11.8 Å². The van der Waals surface area contributed by atoms with Gasteiger partial charge < -0.3 is 0 Å². The quantitative estimate of drug-likeness (QED) is 0.734. The number of ketones is 1. The Labute approximate surface area is 94.1 Å². The third-order valence-corrected chi connectivity index (χ3v) is 4.78. The van der Waals surface area contributed by atoms with Crippen LogP contribution < -0.4 is 0 Å². The fourth-order valence-electron chi connectivity index (χ4n) is 4.00. The SMILES string of the molecule is O=C1C2CC3CC1CC(OS(=O)(=O)O)(C3)C2. The maximum atomic E-state index is 11.8. The minimum absolute atomic E-state index is 0.0481. The van der Waals surface area contributed by atoms with Gasteiger partial charge in [0.15, 0.2) is 0 Å². The summed E-state index contributed by atoms with van der Waals surface area (Å²) in [6.45, 7) is 0. The predicted octanol–water partition coefficient (Wildman–Crippen LogP) is 0.954. The van der Waals surface area contributed by atoms with Crippen molar-refractivity contribution in [1.82, 2.24) is 0 Å². The monoisotopic (exact) mass is 246 g/mol. The van der Waals surface area contributed by atoms with Crippen LogP contribution in [0.1, 0.15) is 32.1 Å². The lowest BCUT2D eigenvalue weighted by atomic mass is 9.54. The molecule has 4 fully saturated rings. The minimum Gasteiger partial charge on any atom is -0.299 e. The molecule has 1 N–H and O–H groups in total. The van der Waals surface area contributed by atoms with Crippen LogP contribution in [0.4, 0.5) is 0 Å². The van der Waals surface area contributed by atoms with Gasteiger partial charge in [0.2, 0.25) is 0 Å². The highest BCUT2D eigenvalue weighted by atomic mass is 32.3. The molecule has 2 atom stereocenters. The van der Waals surface area contributed by atoms with E-state index in [2.05, 4.69) is 0 Å². The Morgan fingerprint density at radius 2 is 1.75 bits per heavy atom. The van der Waals surface area contributed by atoms with Crippen molar-refractivity contribution in [2.75, 3.05) is 0 Å². The molecule has 0 spiro atoms. The van der Waals surface area contributed by atoms with Crippen LogP contribution in [-0.2, 0) is 19.4 Å². The fraction of sp³-hybridized carbons (Fsp3) is 0.900. The van der Waals surface area contributed by atoms with Gasteiger partial charge in [-0.15, -0.1) is 0 Å². The first-order valence-corrected chi connectivity index (χ1v) is 6.95. The Kier molecular flexibility index (Phi) is 2.04. The molecule has 0 aromatic rings. The van der Waals surface area contributed by atoms with Gasteiger partial charge in [0.25, 0.3) is 0 Å². The molecule has 4 bridgehead atoms. The zero-order valence-corrected chi connectivity index (χ0v) is 9.57. The normalized spacial score (nSPS) is 46.3. The van der Waals surface area contributed by atoms with Crippen molar-refractivity contribution in [3.8, 4) is 0 Å². The molecule has 4 rings (SSSR count). The molecule has 4 aliphatic carbocycles. The van der Waals surface area contributed by atoms with Gasteiger partial charge in [-0.1, -0.05) is 0 Å². The molecule has 0 aromatic heterocycles. The third kappa shape index (κ3) is 1.59. The molecule has 0 saturated heterocycles. The van der Waals surface area contributed by atoms with E-state index in [4.69, 9.17) is 8.74 Å². The van der Waals surface area contributed by atoms with E-state index >= 15 is 0 Å². The summed E-state index contributed by atoms with van der Waals surface area (Å²) >= 11 is 0. The van der Waals surface area contributed by atoms with E-state index in [1.165, 1.54) is 0 Å². The first-order chi connectivity index (χ1) is 7.37. The van der Waals surface area contributed by atoms with Crippen LogP contribution in [0.25, 0.3) is 0 Å². The zero-order valence-electron chi connectivity index (χ0n) is 8.76. The molecule has 6 heteroatoms. The predicted molar refractivity (Wildman–Crippen MR) is 53.9 cm³/mol. The van der Waals surface area contributed by atoms with Crippen molar-refractivity contribution in [2.45, 2.75) is 37.7 Å². The maximum Gasteiger partial charge on any atom is 0.397 e. The van der Waals surface area contributed by atoms with Crippen molar-refractivity contribution in [3.05, 3.63) is 0 Å². The molecule has 4 aliphatic rings. The summed E-state index contributed by atoms with van der Waals surface area (Å²) in [6.07, 6.45) is 3.31. The molecule has 4 saturated carbocycles. The second-order valence-electron chi connectivity index (χ2n) is 5.44. The molecule has 0 amide bonds. The molecule has 5 nitrogen and oxygen atoms in total. The van der Waals surface area contributed by atoms with Crippen molar-refractivity contribution in [1.29, 1.82) is 0 Å². The first kappa shape index (κ1) is 10.7. The lowest BCUT2D eigenvalue weighted by molar-refractivity contribution is -0.156. The fourth-order valence-corrected chi connectivity index (χ4v) is 4.65. The van der Waals surface area contributed by atoms with Gasteiger partial charge >= 0.3 is 10.4 Å². The molecule has 0 aliphatic heterocycles. The summed E-state index contributed by atoms with van der Waals surface area (Å²) in [5.74, 6) is 0.559. The number of carbonyl (C=O) groups excluding carboxylic acids is 1. The number of carbonyl (C=O) groups is 1. The van der Waals surface area contributed by atoms with Crippen molar-refractivity contribution in [2.24, 2.45) is 17.8 Å². The molecule has 0 radical (unpaired) electrons. The number of hydrogen-bond acceptors (Lipinski definition) is 4. The Hall–Kier alpha value is -0.460. The van der Waals surface area contributed by atoms with Gasteiger partial charge in [-0.3, -0.25) is 9.35 Å². The lowest BCUT2D eigenvalue weighted by Crippen LogP contribution is -2.56. The molecule has 90 valence electrons. The molecule has 2 unspecified atom stereocenters. The van der Waals surface area contributed by atoms with E-state index < -0.39 is 16.0 Å². The molecule has 0 aromatic carbocycles. The first-order valence-electron chi connectivity index (χ1n) is 5.59. The number of rotatable bonds is 2. The maximum absolute atomic E-state index is 11.8. The largest absolute Gasteiger partial charge is 0.397 e. The van der Waals surface area contributed by atoms with E-state index in [1.807, 2.05) is 0 Å². The van der Waals surface area contributed by atoms with Gasteiger partial charge in [-0.25, -0.2) is 4.18 Å². The Bertz CT molecular complexity index is 422. The summed E-state index contributed by atoms with van der Waals surface area (Å²) in [4.78, 5) is 11.8. The van der Waals surface area contributed by atoms with Crippen LogP contribution in [-0.4, -0.2) is 24.4 Å². The number of Topliss-reactive ketones (excluding diaryl/α,β-unsaturated/α-hetero) is 1. The van der Waals surface area contributed by atoms with E-state index in [0.29, 0.717) is 25.2 Å². The molecular weight excluding hydrogens is 232 g/mol. The highest BCUT2D eigenvalue weighted by Gasteiger charge is 2.57. The summed E-state index contributed by atoms with van der Waals surface area (Å²) in [6, 6.07) is 0. The number of hydrogen-bond donors (Lipinski definition) is 1. The third-order valence-electron chi connectivity index (χ3n) is 4.22. The van der Waals surface area contributed by atoms with E-state index in [0.717, 1.165) is 12.8 Å². The van der Waals surface area contributed by atoms with Crippen LogP contribution in [0.5, 0.6) is 0 Å². The van der Waals surface area contributed by atoms with Crippen LogP contribution in [0.15, 0.2) is 0 Å². The van der Waals surface area contributed by atoms with Crippen molar-refractivity contribution >= 4 is 16.2 Å². The van der Waals surface area contributed by atoms with Gasteiger partial charge in [-0.05, 0) is 38.0 Å². The second kappa shape index (κ2) is 3.05. The van der Waals surface area contributed by atoms with Crippen molar-refractivity contribution in [3.63, 3.8) is 0 Å². The van der Waals surface area contributed by atoms with Gasteiger partial charge in [0.05, 0.1) is 5.60 Å². The van der Waals surface area contributed by atoms with Crippen LogP contribution >= 0.6 is 0 Å². The highest BCUT2D eigenvalue weighted by molar-refractivity contribution is 7.80. The standard InChI is InChI=1S/C10H14O5S/c11-9-7-1-6-2-8(9)5-10(3-6,4-7)15-16(12,13)14/h6-8H,1-5H2,(H,12,13,14). The average Bonchev–Trinajstić information content (AvgIpc) is 2.08. The molecular formula is C10H14O5S. The topological polar surface area (TPSA) is 80.7 Å². The highest BCUT2D eigenvalue weighted by Crippen LogP contribution is 2.55. The molecule has 16 heavy (non-hydrogen) atoms. The Morgan fingerprint density at radius 1 is 1.19 bits per heavy atom. The van der Waals surface area contributed by atoms with E-state index in [1.54, 1.807) is 0 Å². The van der Waals surface area contributed by atoms with Crippen molar-refractivity contribution < 1.29 is 21.9 Å². The average molecular weight is 246 g/mol. The summed E-state index contributed by atoms with van der Waals surface area (Å²) in [5, 5.41) is 0. The molecule has 0 heterocycles. The van der Waals surface area contributed by atoms with Crippen LogP contribution in [0, 0.1) is 17.8 Å². The van der Waals surface area contributed by atoms with Gasteiger partial charge in [-0.2, -0.15) is 8.42 Å². The summed E-state index contributed by atoms with van der Waals surface area (Å²) < 4.78 is 35.4. The lowest BCUT2D eigenvalue weighted by Gasteiger charge is -2.54. The zero-order chi connectivity index (χ0) is 11.6. The van der Waals surface area contributed by atoms with E-state index in [9.17, 15) is 13.2 Å². The Balaban J connectivity index is 1.91. The minimum atomic E-state index is -4.42. The summed E-state index contributed by atoms with van der Waals surface area (Å²) in [5.41, 5.74) is -0.794. The van der Waals surface area contributed by atoms with Crippen LogP contribution in [0.2, 0.25) is 0 Å². The Morgan fingerprint density at radius 3 is 2.25 bits per heavy atom. The van der Waals surface area contributed by atoms with E-state index in [-0.39, 0.29) is 17.6 Å².